The third kappa shape index (κ3) is 2.92. The molecule has 0 radical (unpaired) electrons. The highest BCUT2D eigenvalue weighted by Crippen LogP contribution is 2.44. The van der Waals surface area contributed by atoms with Crippen molar-refractivity contribution in [3.05, 3.63) is 106 Å². The van der Waals surface area contributed by atoms with E-state index in [0.29, 0.717) is 0 Å². The Bertz CT molecular complexity index is 817. The van der Waals surface area contributed by atoms with Gasteiger partial charge in [0.2, 0.25) is 0 Å². The lowest BCUT2D eigenvalue weighted by atomic mass is 9.81. The minimum Gasteiger partial charge on any atom is -0.104 e. The van der Waals surface area contributed by atoms with E-state index in [1.54, 1.807) is 0 Å². The highest BCUT2D eigenvalue weighted by atomic mass is 35.5. The first-order chi connectivity index (χ1) is 11.0. The second-order valence-electron chi connectivity index (χ2n) is 6.21. The van der Waals surface area contributed by atoms with Crippen LogP contribution in [0, 0.1) is 20.8 Å². The summed E-state index contributed by atoms with van der Waals surface area (Å²) in [5, 5.41) is 0. The van der Waals surface area contributed by atoms with E-state index in [1.165, 1.54) is 16.7 Å². The number of alkyl halides is 1. The predicted octanol–water partition coefficient (Wildman–Crippen LogP) is 6.14. The molecule has 1 unspecified atom stereocenters. The van der Waals surface area contributed by atoms with E-state index in [1.807, 2.05) is 0 Å². The third-order valence-electron chi connectivity index (χ3n) is 4.38. The van der Waals surface area contributed by atoms with E-state index in [4.69, 9.17) is 11.6 Å². The molecule has 0 spiro atoms. The van der Waals surface area contributed by atoms with E-state index < -0.39 is 4.87 Å². The normalized spacial score (nSPS) is 13.6. The Morgan fingerprint density at radius 3 is 2.00 bits per heavy atom. The van der Waals surface area contributed by atoms with E-state index in [0.717, 1.165) is 16.7 Å². The summed E-state index contributed by atoms with van der Waals surface area (Å²) in [6, 6.07) is 25.4. The van der Waals surface area contributed by atoms with Crippen LogP contribution in [0.15, 0.2) is 72.8 Å². The molecule has 0 fully saturated rings. The summed E-state index contributed by atoms with van der Waals surface area (Å²) in [5.74, 6) is 0. The maximum absolute atomic E-state index is 7.35. The summed E-state index contributed by atoms with van der Waals surface area (Å²) in [6.45, 7) is 6.32. The SMILES string of the molecule is Cc1ccc(C(Cl)(c2cccc(C)c2)c2ccccc2C)cc1. The summed E-state index contributed by atoms with van der Waals surface area (Å²) < 4.78 is 0. The van der Waals surface area contributed by atoms with Gasteiger partial charge in [-0.15, -0.1) is 11.6 Å². The van der Waals surface area contributed by atoms with Gasteiger partial charge >= 0.3 is 0 Å². The number of aryl methyl sites for hydroxylation is 3. The summed E-state index contributed by atoms with van der Waals surface area (Å²) in [6.07, 6.45) is 0. The van der Waals surface area contributed by atoms with Crippen LogP contribution in [0.3, 0.4) is 0 Å². The van der Waals surface area contributed by atoms with Gasteiger partial charge in [0.15, 0.2) is 0 Å². The highest BCUT2D eigenvalue weighted by Gasteiger charge is 2.35. The van der Waals surface area contributed by atoms with Crippen molar-refractivity contribution >= 4 is 11.6 Å². The first kappa shape index (κ1) is 15.8. The van der Waals surface area contributed by atoms with Crippen LogP contribution >= 0.6 is 11.6 Å². The van der Waals surface area contributed by atoms with Gasteiger partial charge in [-0.3, -0.25) is 0 Å². The smallest absolute Gasteiger partial charge is 0.104 e. The van der Waals surface area contributed by atoms with Gasteiger partial charge in [-0.2, -0.15) is 0 Å². The van der Waals surface area contributed by atoms with Crippen molar-refractivity contribution in [2.45, 2.75) is 25.6 Å². The zero-order valence-electron chi connectivity index (χ0n) is 13.8. The number of halogens is 1. The monoisotopic (exact) mass is 320 g/mol. The lowest BCUT2D eigenvalue weighted by Crippen LogP contribution is -2.23. The molecule has 0 bridgehead atoms. The van der Waals surface area contributed by atoms with Gasteiger partial charge in [0.1, 0.15) is 4.87 Å². The van der Waals surface area contributed by atoms with Crippen LogP contribution in [-0.4, -0.2) is 0 Å². The molecule has 0 aliphatic heterocycles. The zero-order valence-corrected chi connectivity index (χ0v) is 14.6. The summed E-state index contributed by atoms with van der Waals surface area (Å²) in [7, 11) is 0. The molecule has 116 valence electrons. The number of rotatable bonds is 3. The summed E-state index contributed by atoms with van der Waals surface area (Å²) in [5.41, 5.74) is 7.00. The van der Waals surface area contributed by atoms with Gasteiger partial charge < -0.3 is 0 Å². The summed E-state index contributed by atoms with van der Waals surface area (Å²) >= 11 is 7.35. The average Bonchev–Trinajstić information content (AvgIpc) is 2.55. The van der Waals surface area contributed by atoms with E-state index in [9.17, 15) is 0 Å². The fourth-order valence-corrected chi connectivity index (χ4v) is 3.54. The Morgan fingerprint density at radius 1 is 0.652 bits per heavy atom. The predicted molar refractivity (Wildman–Crippen MR) is 99.3 cm³/mol. The number of hydrogen-bond acceptors (Lipinski definition) is 0. The molecular formula is C22H21Cl. The molecule has 0 heterocycles. The van der Waals surface area contributed by atoms with Crippen LogP contribution < -0.4 is 0 Å². The Morgan fingerprint density at radius 2 is 1.35 bits per heavy atom. The van der Waals surface area contributed by atoms with Crippen LogP contribution in [0.5, 0.6) is 0 Å². The molecule has 3 aromatic carbocycles. The first-order valence-electron chi connectivity index (χ1n) is 7.91. The van der Waals surface area contributed by atoms with Crippen LogP contribution in [0.4, 0.5) is 0 Å². The fourth-order valence-electron chi connectivity index (χ4n) is 3.08. The average molecular weight is 321 g/mol. The molecule has 1 atom stereocenters. The lowest BCUT2D eigenvalue weighted by Gasteiger charge is -2.31. The topological polar surface area (TPSA) is 0 Å². The Kier molecular flexibility index (Phi) is 4.28. The molecule has 0 aromatic heterocycles. The van der Waals surface area contributed by atoms with Crippen molar-refractivity contribution in [1.82, 2.24) is 0 Å². The van der Waals surface area contributed by atoms with Gasteiger partial charge in [0.05, 0.1) is 0 Å². The van der Waals surface area contributed by atoms with Crippen molar-refractivity contribution in [3.8, 4) is 0 Å². The minimum absolute atomic E-state index is 0.676. The standard InChI is InChI=1S/C22H21Cl/c1-16-11-13-19(14-12-16)22(23,20-9-6-7-17(2)15-20)21-10-5-4-8-18(21)3/h4-15H,1-3H3. The quantitative estimate of drug-likeness (QED) is 0.401. The molecule has 3 aromatic rings. The zero-order chi connectivity index (χ0) is 16.4. The van der Waals surface area contributed by atoms with Crippen LogP contribution in [0.25, 0.3) is 0 Å². The Labute approximate surface area is 143 Å². The van der Waals surface area contributed by atoms with E-state index in [-0.39, 0.29) is 0 Å². The van der Waals surface area contributed by atoms with Crippen LogP contribution in [0.1, 0.15) is 33.4 Å². The van der Waals surface area contributed by atoms with Crippen LogP contribution in [0.2, 0.25) is 0 Å². The second kappa shape index (κ2) is 6.22. The molecule has 3 rings (SSSR count). The maximum Gasteiger partial charge on any atom is 0.120 e. The van der Waals surface area contributed by atoms with Crippen molar-refractivity contribution in [3.63, 3.8) is 0 Å². The van der Waals surface area contributed by atoms with E-state index in [2.05, 4.69) is 93.6 Å². The molecule has 0 saturated heterocycles. The highest BCUT2D eigenvalue weighted by molar-refractivity contribution is 6.28. The largest absolute Gasteiger partial charge is 0.120 e. The maximum atomic E-state index is 7.35. The second-order valence-corrected chi connectivity index (χ2v) is 6.78. The van der Waals surface area contributed by atoms with Crippen molar-refractivity contribution in [2.75, 3.05) is 0 Å². The van der Waals surface area contributed by atoms with Gasteiger partial charge in [-0.05, 0) is 43.0 Å². The number of benzene rings is 3. The molecule has 0 N–H and O–H groups in total. The van der Waals surface area contributed by atoms with E-state index >= 15 is 0 Å². The molecule has 0 saturated carbocycles. The molecule has 23 heavy (non-hydrogen) atoms. The fraction of sp³-hybridized carbons (Fsp3) is 0.182. The molecular weight excluding hydrogens is 300 g/mol. The van der Waals surface area contributed by atoms with Crippen LogP contribution in [-0.2, 0) is 4.87 Å². The van der Waals surface area contributed by atoms with Gasteiger partial charge in [0, 0.05) is 0 Å². The minimum atomic E-state index is -0.676. The Balaban J connectivity index is 2.29. The first-order valence-corrected chi connectivity index (χ1v) is 8.29. The summed E-state index contributed by atoms with van der Waals surface area (Å²) in [4.78, 5) is -0.676. The molecule has 0 nitrogen and oxygen atoms in total. The van der Waals surface area contributed by atoms with Gasteiger partial charge in [0.25, 0.3) is 0 Å². The van der Waals surface area contributed by atoms with Crippen molar-refractivity contribution in [2.24, 2.45) is 0 Å². The lowest BCUT2D eigenvalue weighted by molar-refractivity contribution is 0.866. The molecule has 0 aliphatic carbocycles. The van der Waals surface area contributed by atoms with Crippen molar-refractivity contribution < 1.29 is 0 Å². The number of hydrogen-bond donors (Lipinski definition) is 0. The Hall–Kier alpha value is -2.05. The third-order valence-corrected chi connectivity index (χ3v) is 5.02. The molecule has 0 aliphatic rings. The molecule has 1 heteroatoms. The van der Waals surface area contributed by atoms with Crippen molar-refractivity contribution in [1.29, 1.82) is 0 Å². The molecule has 0 amide bonds. The van der Waals surface area contributed by atoms with Gasteiger partial charge in [-0.25, -0.2) is 0 Å². The van der Waals surface area contributed by atoms with Gasteiger partial charge in [-0.1, -0.05) is 83.9 Å².